The Hall–Kier alpha value is -1.49. The summed E-state index contributed by atoms with van der Waals surface area (Å²) < 4.78 is 26.7. The third kappa shape index (κ3) is 1.90. The van der Waals surface area contributed by atoms with E-state index in [2.05, 4.69) is 0 Å². The number of hydrogen-bond acceptors (Lipinski definition) is 2. The summed E-state index contributed by atoms with van der Waals surface area (Å²) in [6.45, 7) is 0.806. The van der Waals surface area contributed by atoms with E-state index >= 15 is 0 Å². The normalized spacial score (nSPS) is 20.2. The number of halogens is 2. The Kier molecular flexibility index (Phi) is 2.87. The first-order valence-electron chi connectivity index (χ1n) is 5.08. The summed E-state index contributed by atoms with van der Waals surface area (Å²) >= 11 is 0. The number of rotatable bonds is 1. The van der Waals surface area contributed by atoms with E-state index in [1.807, 2.05) is 0 Å². The van der Waals surface area contributed by atoms with Crippen LogP contribution < -0.4 is 5.73 Å². The minimum absolute atomic E-state index is 0.0983. The average Bonchev–Trinajstić information content (AvgIpc) is 2.64. The molecule has 1 aromatic rings. The summed E-state index contributed by atoms with van der Waals surface area (Å²) in [6, 6.07) is 3.29. The van der Waals surface area contributed by atoms with Crippen molar-refractivity contribution in [1.29, 1.82) is 0 Å². The van der Waals surface area contributed by atoms with Gasteiger partial charge in [0.15, 0.2) is 0 Å². The lowest BCUT2D eigenvalue weighted by molar-refractivity contribution is 0.0781. The van der Waals surface area contributed by atoms with Crippen molar-refractivity contribution in [3.63, 3.8) is 0 Å². The molecular formula is C11H12F2N2O. The standard InChI is InChI=1S/C11H12F2N2O/c12-8-2-1-3-9(13)10(8)11(16)15-5-4-7(14)6-15/h1-3,7H,4-6,14H2/t7-/m1/s1. The van der Waals surface area contributed by atoms with Gasteiger partial charge in [0.25, 0.3) is 5.91 Å². The highest BCUT2D eigenvalue weighted by atomic mass is 19.1. The Morgan fingerprint density at radius 2 is 2.00 bits per heavy atom. The molecule has 0 saturated carbocycles. The van der Waals surface area contributed by atoms with Crippen LogP contribution in [0.15, 0.2) is 18.2 Å². The molecule has 1 heterocycles. The topological polar surface area (TPSA) is 46.3 Å². The number of amides is 1. The molecular weight excluding hydrogens is 214 g/mol. The Labute approximate surface area is 91.8 Å². The summed E-state index contributed by atoms with van der Waals surface area (Å²) in [4.78, 5) is 13.2. The van der Waals surface area contributed by atoms with Crippen LogP contribution in [-0.4, -0.2) is 29.9 Å². The van der Waals surface area contributed by atoms with Gasteiger partial charge in [-0.15, -0.1) is 0 Å². The first-order chi connectivity index (χ1) is 7.59. The Bertz CT molecular complexity index is 402. The van der Waals surface area contributed by atoms with Crippen molar-refractivity contribution in [3.8, 4) is 0 Å². The van der Waals surface area contributed by atoms with E-state index in [-0.39, 0.29) is 6.04 Å². The van der Waals surface area contributed by atoms with Gasteiger partial charge in [0.05, 0.1) is 0 Å². The van der Waals surface area contributed by atoms with E-state index in [4.69, 9.17) is 5.73 Å². The smallest absolute Gasteiger partial charge is 0.259 e. The van der Waals surface area contributed by atoms with Gasteiger partial charge in [-0.1, -0.05) is 6.07 Å². The van der Waals surface area contributed by atoms with Crippen LogP contribution in [0.1, 0.15) is 16.8 Å². The van der Waals surface area contributed by atoms with E-state index in [0.29, 0.717) is 19.5 Å². The van der Waals surface area contributed by atoms with Gasteiger partial charge in [-0.05, 0) is 18.6 Å². The van der Waals surface area contributed by atoms with Gasteiger partial charge in [-0.25, -0.2) is 8.78 Å². The predicted molar refractivity (Wildman–Crippen MR) is 54.9 cm³/mol. The molecule has 1 fully saturated rings. The molecule has 1 atom stereocenters. The van der Waals surface area contributed by atoms with Crippen LogP contribution in [0.4, 0.5) is 8.78 Å². The third-order valence-corrected chi connectivity index (χ3v) is 2.69. The van der Waals surface area contributed by atoms with Crippen molar-refractivity contribution in [2.24, 2.45) is 5.73 Å². The maximum Gasteiger partial charge on any atom is 0.259 e. The van der Waals surface area contributed by atoms with Crippen LogP contribution in [0.3, 0.4) is 0 Å². The number of likely N-dealkylation sites (tertiary alicyclic amines) is 1. The molecule has 1 aliphatic rings. The van der Waals surface area contributed by atoms with Crippen LogP contribution in [0, 0.1) is 11.6 Å². The largest absolute Gasteiger partial charge is 0.337 e. The van der Waals surface area contributed by atoms with Gasteiger partial charge >= 0.3 is 0 Å². The van der Waals surface area contributed by atoms with Crippen molar-refractivity contribution in [2.45, 2.75) is 12.5 Å². The molecule has 5 heteroatoms. The average molecular weight is 226 g/mol. The van der Waals surface area contributed by atoms with Gasteiger partial charge in [0.2, 0.25) is 0 Å². The van der Waals surface area contributed by atoms with Gasteiger partial charge in [0, 0.05) is 19.1 Å². The van der Waals surface area contributed by atoms with Crippen LogP contribution >= 0.6 is 0 Å². The number of carbonyl (C=O) groups is 1. The zero-order valence-corrected chi connectivity index (χ0v) is 8.62. The van der Waals surface area contributed by atoms with Crippen molar-refractivity contribution in [1.82, 2.24) is 4.90 Å². The van der Waals surface area contributed by atoms with E-state index in [0.717, 1.165) is 12.1 Å². The third-order valence-electron chi connectivity index (χ3n) is 2.69. The molecule has 0 spiro atoms. The Balaban J connectivity index is 2.27. The fraction of sp³-hybridized carbons (Fsp3) is 0.364. The van der Waals surface area contributed by atoms with Crippen molar-refractivity contribution >= 4 is 5.91 Å². The van der Waals surface area contributed by atoms with Crippen molar-refractivity contribution in [3.05, 3.63) is 35.4 Å². The molecule has 0 radical (unpaired) electrons. The maximum absolute atomic E-state index is 13.3. The van der Waals surface area contributed by atoms with Crippen LogP contribution in [-0.2, 0) is 0 Å². The lowest BCUT2D eigenvalue weighted by atomic mass is 10.1. The molecule has 0 aliphatic carbocycles. The second-order valence-corrected chi connectivity index (χ2v) is 3.90. The van der Waals surface area contributed by atoms with E-state index in [9.17, 15) is 13.6 Å². The van der Waals surface area contributed by atoms with Gasteiger partial charge < -0.3 is 10.6 Å². The molecule has 1 amide bonds. The number of carbonyl (C=O) groups excluding carboxylic acids is 1. The molecule has 1 saturated heterocycles. The number of benzene rings is 1. The molecule has 16 heavy (non-hydrogen) atoms. The fourth-order valence-electron chi connectivity index (χ4n) is 1.83. The zero-order valence-electron chi connectivity index (χ0n) is 8.62. The monoisotopic (exact) mass is 226 g/mol. The number of nitrogens with zero attached hydrogens (tertiary/aromatic N) is 1. The second kappa shape index (κ2) is 4.17. The number of nitrogens with two attached hydrogens (primary N) is 1. The minimum Gasteiger partial charge on any atom is -0.337 e. The predicted octanol–water partition coefficient (Wildman–Crippen LogP) is 1.14. The Morgan fingerprint density at radius 1 is 1.38 bits per heavy atom. The van der Waals surface area contributed by atoms with Crippen molar-refractivity contribution < 1.29 is 13.6 Å². The highest BCUT2D eigenvalue weighted by Gasteiger charge is 2.28. The summed E-state index contributed by atoms with van der Waals surface area (Å²) in [6.07, 6.45) is 0.668. The SMILES string of the molecule is N[C@@H]1CCN(C(=O)c2c(F)cccc2F)C1. The molecule has 86 valence electrons. The van der Waals surface area contributed by atoms with E-state index < -0.39 is 23.1 Å². The summed E-state index contributed by atoms with van der Waals surface area (Å²) in [5.41, 5.74) is 5.15. The van der Waals surface area contributed by atoms with Crippen LogP contribution in [0.2, 0.25) is 0 Å². The van der Waals surface area contributed by atoms with Gasteiger partial charge in [-0.3, -0.25) is 4.79 Å². The first-order valence-corrected chi connectivity index (χ1v) is 5.08. The lowest BCUT2D eigenvalue weighted by Crippen LogP contribution is -2.33. The highest BCUT2D eigenvalue weighted by molar-refractivity contribution is 5.95. The summed E-state index contributed by atoms with van der Waals surface area (Å²) in [5.74, 6) is -2.28. The van der Waals surface area contributed by atoms with Gasteiger partial charge in [-0.2, -0.15) is 0 Å². The maximum atomic E-state index is 13.3. The molecule has 0 aromatic heterocycles. The van der Waals surface area contributed by atoms with Crippen LogP contribution in [0.5, 0.6) is 0 Å². The molecule has 0 unspecified atom stereocenters. The summed E-state index contributed by atoms with van der Waals surface area (Å²) in [5, 5.41) is 0. The summed E-state index contributed by atoms with van der Waals surface area (Å²) in [7, 11) is 0. The fourth-order valence-corrected chi connectivity index (χ4v) is 1.83. The Morgan fingerprint density at radius 3 is 2.50 bits per heavy atom. The van der Waals surface area contributed by atoms with E-state index in [1.165, 1.54) is 11.0 Å². The molecule has 1 aromatic carbocycles. The zero-order chi connectivity index (χ0) is 11.7. The molecule has 2 rings (SSSR count). The lowest BCUT2D eigenvalue weighted by Gasteiger charge is -2.16. The van der Waals surface area contributed by atoms with Crippen molar-refractivity contribution in [2.75, 3.05) is 13.1 Å². The van der Waals surface area contributed by atoms with Crippen LogP contribution in [0.25, 0.3) is 0 Å². The van der Waals surface area contributed by atoms with Gasteiger partial charge in [0.1, 0.15) is 17.2 Å². The molecule has 3 nitrogen and oxygen atoms in total. The minimum atomic E-state index is -0.828. The first kappa shape index (κ1) is 11.0. The van der Waals surface area contributed by atoms with E-state index in [1.54, 1.807) is 0 Å². The highest BCUT2D eigenvalue weighted by Crippen LogP contribution is 2.17. The molecule has 0 bridgehead atoms. The second-order valence-electron chi connectivity index (χ2n) is 3.90. The molecule has 2 N–H and O–H groups in total. The molecule has 1 aliphatic heterocycles. The number of hydrogen-bond donors (Lipinski definition) is 1. The quantitative estimate of drug-likeness (QED) is 0.780.